The predicted octanol–water partition coefficient (Wildman–Crippen LogP) is 0.388. The first-order valence-electron chi connectivity index (χ1n) is 3.32. The third-order valence-corrected chi connectivity index (χ3v) is 1.32. The van der Waals surface area contributed by atoms with Crippen molar-refractivity contribution in [2.45, 2.75) is 13.0 Å². The van der Waals surface area contributed by atoms with Gasteiger partial charge in [-0.05, 0) is 17.4 Å². The second-order valence-corrected chi connectivity index (χ2v) is 2.08. The van der Waals surface area contributed by atoms with Gasteiger partial charge in [0.15, 0.2) is 0 Å². The summed E-state index contributed by atoms with van der Waals surface area (Å²) in [4.78, 5) is 9.98. The molecule has 1 aliphatic rings. The molecular formula is C6H8N4O2. The Bertz CT molecular complexity index is 246. The average molecular weight is 168 g/mol. The summed E-state index contributed by atoms with van der Waals surface area (Å²) in [5, 5.41) is 10.3. The van der Waals surface area contributed by atoms with Crippen LogP contribution in [0.5, 0.6) is 0 Å². The average Bonchev–Trinajstić information content (AvgIpc) is 2.32. The molecule has 0 aliphatic carbocycles. The summed E-state index contributed by atoms with van der Waals surface area (Å²) in [6, 6.07) is 0. The van der Waals surface area contributed by atoms with Crippen LogP contribution in [-0.4, -0.2) is 18.8 Å². The van der Waals surface area contributed by atoms with Crippen molar-refractivity contribution in [2.75, 3.05) is 0 Å². The zero-order valence-corrected chi connectivity index (χ0v) is 6.47. The highest BCUT2D eigenvalue weighted by Crippen LogP contribution is 2.03. The van der Waals surface area contributed by atoms with E-state index in [1.807, 2.05) is 0 Å². The van der Waals surface area contributed by atoms with Gasteiger partial charge in [-0.2, -0.15) is 0 Å². The fraction of sp³-hybridized carbons (Fsp3) is 0.333. The first-order valence-corrected chi connectivity index (χ1v) is 3.32. The van der Waals surface area contributed by atoms with E-state index in [-0.39, 0.29) is 6.10 Å². The second kappa shape index (κ2) is 4.22. The first kappa shape index (κ1) is 8.38. The Hall–Kier alpha value is -1.72. The first-order chi connectivity index (χ1) is 5.84. The van der Waals surface area contributed by atoms with Gasteiger partial charge in [0, 0.05) is 11.8 Å². The van der Waals surface area contributed by atoms with Gasteiger partial charge in [0.25, 0.3) is 6.47 Å². The second-order valence-electron chi connectivity index (χ2n) is 2.08. The van der Waals surface area contributed by atoms with Gasteiger partial charge in [-0.15, -0.1) is 5.10 Å². The lowest BCUT2D eigenvalue weighted by Gasteiger charge is -2.07. The van der Waals surface area contributed by atoms with Crippen LogP contribution in [0.4, 0.5) is 0 Å². The molecule has 64 valence electrons. The molecule has 0 aromatic heterocycles. The van der Waals surface area contributed by atoms with Crippen LogP contribution in [0, 0.1) is 0 Å². The summed E-state index contributed by atoms with van der Waals surface area (Å²) < 4.78 is 4.67. The summed E-state index contributed by atoms with van der Waals surface area (Å²) in [5.74, 6) is 0. The van der Waals surface area contributed by atoms with Crippen molar-refractivity contribution in [3.63, 3.8) is 0 Å². The molecule has 0 radical (unpaired) electrons. The van der Waals surface area contributed by atoms with E-state index in [0.717, 1.165) is 0 Å². The molecule has 0 aromatic rings. The highest BCUT2D eigenvalue weighted by Gasteiger charge is 2.07. The Morgan fingerprint density at radius 2 is 2.58 bits per heavy atom. The zero-order chi connectivity index (χ0) is 8.81. The van der Waals surface area contributed by atoms with E-state index in [2.05, 4.69) is 25.7 Å². The van der Waals surface area contributed by atoms with Crippen LogP contribution >= 0.6 is 0 Å². The molecule has 0 bridgehead atoms. The monoisotopic (exact) mass is 168 g/mol. The molecule has 0 aromatic carbocycles. The van der Waals surface area contributed by atoms with Gasteiger partial charge in [0.05, 0.1) is 6.21 Å². The summed E-state index contributed by atoms with van der Waals surface area (Å²) in [6.45, 7) is 2.11. The summed E-state index contributed by atoms with van der Waals surface area (Å²) in [6.07, 6.45) is 2.69. The smallest absolute Gasteiger partial charge is 0.293 e. The van der Waals surface area contributed by atoms with E-state index in [4.69, 9.17) is 0 Å². The Balaban J connectivity index is 2.61. The van der Waals surface area contributed by atoms with Crippen LogP contribution in [0.3, 0.4) is 0 Å². The minimum absolute atomic E-state index is 0.345. The highest BCUT2D eigenvalue weighted by atomic mass is 16.5. The minimum atomic E-state index is -0.345. The molecule has 0 fully saturated rings. The number of hydrogen-bond acceptors (Lipinski definition) is 6. The fourth-order valence-corrected chi connectivity index (χ4v) is 0.669. The maximum absolute atomic E-state index is 9.98. The SMILES string of the molecule is CC(OC=O)C1=CNN=NN=C1. The molecule has 12 heavy (non-hydrogen) atoms. The van der Waals surface area contributed by atoms with Crippen molar-refractivity contribution < 1.29 is 9.53 Å². The van der Waals surface area contributed by atoms with Crippen LogP contribution in [0.15, 0.2) is 27.3 Å². The number of ether oxygens (including phenoxy) is 1. The molecular weight excluding hydrogens is 160 g/mol. The van der Waals surface area contributed by atoms with E-state index in [1.165, 1.54) is 6.21 Å². The van der Waals surface area contributed by atoms with Crippen LogP contribution in [0.2, 0.25) is 0 Å². The van der Waals surface area contributed by atoms with Gasteiger partial charge in [0.1, 0.15) is 6.10 Å². The van der Waals surface area contributed by atoms with Crippen molar-refractivity contribution >= 4 is 12.7 Å². The van der Waals surface area contributed by atoms with Crippen LogP contribution in [0.25, 0.3) is 0 Å². The zero-order valence-electron chi connectivity index (χ0n) is 6.47. The van der Waals surface area contributed by atoms with Crippen LogP contribution in [0.1, 0.15) is 6.92 Å². The molecule has 1 rings (SSSR count). The van der Waals surface area contributed by atoms with Crippen LogP contribution < -0.4 is 5.43 Å². The van der Waals surface area contributed by atoms with Crippen molar-refractivity contribution in [1.29, 1.82) is 0 Å². The molecule has 0 amide bonds. The maximum Gasteiger partial charge on any atom is 0.293 e. The Labute approximate surface area is 69.0 Å². The maximum atomic E-state index is 9.98. The third-order valence-electron chi connectivity index (χ3n) is 1.32. The quantitative estimate of drug-likeness (QED) is 0.619. The van der Waals surface area contributed by atoms with Crippen molar-refractivity contribution in [1.82, 2.24) is 5.43 Å². The predicted molar refractivity (Wildman–Crippen MR) is 41.2 cm³/mol. The molecule has 1 atom stereocenters. The van der Waals surface area contributed by atoms with Gasteiger partial charge in [0.2, 0.25) is 0 Å². The minimum Gasteiger partial charge on any atom is -0.460 e. The summed E-state index contributed by atoms with van der Waals surface area (Å²) in [5.41, 5.74) is 3.21. The number of carbonyl (C=O) groups excluding carboxylic acids is 1. The standard InChI is InChI=1S/C6H8N4O2/c1-5(12-4-11)6-2-7-9-10-8-3-6/h2-5H,1H3,(H,7,10). The molecule has 0 saturated carbocycles. The number of rotatable bonds is 3. The Morgan fingerprint density at radius 1 is 1.75 bits per heavy atom. The van der Waals surface area contributed by atoms with E-state index in [1.54, 1.807) is 13.1 Å². The van der Waals surface area contributed by atoms with Gasteiger partial charge < -0.3 is 4.74 Å². The number of nitrogens with zero attached hydrogens (tertiary/aromatic N) is 3. The number of carbonyl (C=O) groups is 1. The molecule has 6 heteroatoms. The van der Waals surface area contributed by atoms with Crippen LogP contribution in [-0.2, 0) is 9.53 Å². The van der Waals surface area contributed by atoms with Gasteiger partial charge in [-0.1, -0.05) is 0 Å². The van der Waals surface area contributed by atoms with Crippen molar-refractivity contribution in [3.8, 4) is 0 Å². The van der Waals surface area contributed by atoms with E-state index in [0.29, 0.717) is 12.0 Å². The Morgan fingerprint density at radius 3 is 3.33 bits per heavy atom. The molecule has 1 heterocycles. The molecule has 1 unspecified atom stereocenters. The van der Waals surface area contributed by atoms with E-state index < -0.39 is 0 Å². The fourth-order valence-electron chi connectivity index (χ4n) is 0.669. The van der Waals surface area contributed by atoms with Crippen molar-refractivity contribution in [3.05, 3.63) is 11.8 Å². The summed E-state index contributed by atoms with van der Waals surface area (Å²) >= 11 is 0. The summed E-state index contributed by atoms with van der Waals surface area (Å²) in [7, 11) is 0. The van der Waals surface area contributed by atoms with Gasteiger partial charge in [-0.3, -0.25) is 10.2 Å². The number of hydrogen-bond donors (Lipinski definition) is 1. The molecule has 6 nitrogen and oxygen atoms in total. The molecule has 1 N–H and O–H groups in total. The topological polar surface area (TPSA) is 75.4 Å². The highest BCUT2D eigenvalue weighted by molar-refractivity contribution is 5.79. The van der Waals surface area contributed by atoms with Gasteiger partial charge >= 0.3 is 0 Å². The Kier molecular flexibility index (Phi) is 2.95. The van der Waals surface area contributed by atoms with Crippen molar-refractivity contribution in [2.24, 2.45) is 15.5 Å². The van der Waals surface area contributed by atoms with E-state index >= 15 is 0 Å². The molecule has 1 aliphatic heterocycles. The lowest BCUT2D eigenvalue weighted by molar-refractivity contribution is -0.131. The van der Waals surface area contributed by atoms with Gasteiger partial charge in [-0.25, -0.2) is 0 Å². The third kappa shape index (κ3) is 2.15. The lowest BCUT2D eigenvalue weighted by atomic mass is 10.2. The largest absolute Gasteiger partial charge is 0.460 e. The van der Waals surface area contributed by atoms with E-state index in [9.17, 15) is 4.79 Å². The molecule has 0 saturated heterocycles. The lowest BCUT2D eigenvalue weighted by Crippen LogP contribution is -2.13. The normalized spacial score (nSPS) is 17.2. The molecule has 0 spiro atoms. The number of nitrogens with one attached hydrogen (secondary N) is 1.